The largest absolute Gasteiger partial charge is 0.465 e. The second-order valence-electron chi connectivity index (χ2n) is 14.8. The Hall–Kier alpha value is -3.99. The van der Waals surface area contributed by atoms with Gasteiger partial charge in [0.2, 0.25) is 0 Å². The van der Waals surface area contributed by atoms with Crippen molar-refractivity contribution in [3.63, 3.8) is 0 Å². The number of carboxylic acid groups (broad SMARTS) is 1. The van der Waals surface area contributed by atoms with E-state index in [1.165, 1.54) is 18.5 Å². The smallest absolute Gasteiger partial charge is 0.407 e. The number of rotatable bonds is 14. The summed E-state index contributed by atoms with van der Waals surface area (Å²) in [6, 6.07) is 5.43. The molecule has 2 aromatic heterocycles. The summed E-state index contributed by atoms with van der Waals surface area (Å²) < 4.78 is 66.0. The molecule has 0 saturated carbocycles. The number of hydrogen-bond acceptors (Lipinski definition) is 10. The maximum atomic E-state index is 16.1. The standard InChI is InChI=1S/C38H50F3N7O6/c1-25(28-7-6-8-30(33(28)39)38(40,41)26-10-13-47(14-11-26)37(50)51)44-34-29-21-31(46-17-15-45(16-18-46)27-22-52-23-27)36(49)48(35(29)43-24-42-34)12-5-3-2-4-9-32-53-19-20-54-32/h6-8,21,24-27,32H,2-5,9-20,22-23H2,1H3,(H,50,51)(H,42,43,44). The summed E-state index contributed by atoms with van der Waals surface area (Å²) in [5.41, 5.74) is 0.181. The minimum Gasteiger partial charge on any atom is -0.465 e. The number of ether oxygens (including phenoxy) is 3. The van der Waals surface area contributed by atoms with E-state index in [9.17, 15) is 14.7 Å². The van der Waals surface area contributed by atoms with Crippen LogP contribution in [0.4, 0.5) is 29.5 Å². The van der Waals surface area contributed by atoms with Crippen LogP contribution in [0.3, 0.4) is 0 Å². The number of aromatic nitrogens is 3. The van der Waals surface area contributed by atoms with Crippen molar-refractivity contribution in [2.45, 2.75) is 82.7 Å². The van der Waals surface area contributed by atoms with Crippen LogP contribution in [-0.4, -0.2) is 114 Å². The summed E-state index contributed by atoms with van der Waals surface area (Å²) >= 11 is 0. The normalized spacial score (nSPS) is 20.1. The lowest BCUT2D eigenvalue weighted by atomic mass is 9.85. The zero-order valence-corrected chi connectivity index (χ0v) is 30.7. The summed E-state index contributed by atoms with van der Waals surface area (Å²) in [6.07, 6.45) is 4.36. The second-order valence-corrected chi connectivity index (χ2v) is 14.8. The van der Waals surface area contributed by atoms with E-state index in [1.54, 1.807) is 17.6 Å². The molecule has 1 unspecified atom stereocenters. The molecule has 6 heterocycles. The van der Waals surface area contributed by atoms with Crippen LogP contribution >= 0.6 is 0 Å². The first-order valence-electron chi connectivity index (χ1n) is 19.2. The highest BCUT2D eigenvalue weighted by Gasteiger charge is 2.45. The Morgan fingerprint density at radius 3 is 2.43 bits per heavy atom. The molecular formula is C38H50F3N7O6. The minimum atomic E-state index is -3.50. The zero-order chi connectivity index (χ0) is 37.8. The van der Waals surface area contributed by atoms with Gasteiger partial charge in [-0.25, -0.2) is 27.9 Å². The molecule has 4 fully saturated rings. The molecule has 0 bridgehead atoms. The van der Waals surface area contributed by atoms with E-state index >= 15 is 13.2 Å². The maximum absolute atomic E-state index is 16.1. The third kappa shape index (κ3) is 8.16. The van der Waals surface area contributed by atoms with Gasteiger partial charge in [-0.3, -0.25) is 14.3 Å². The zero-order valence-electron chi connectivity index (χ0n) is 30.7. The molecule has 16 heteroatoms. The Balaban J connectivity index is 1.12. The van der Waals surface area contributed by atoms with Crippen molar-refractivity contribution in [1.29, 1.82) is 0 Å². The highest BCUT2D eigenvalue weighted by molar-refractivity contribution is 5.89. The van der Waals surface area contributed by atoms with Gasteiger partial charge in [-0.05, 0) is 45.1 Å². The highest BCUT2D eigenvalue weighted by atomic mass is 19.3. The summed E-state index contributed by atoms with van der Waals surface area (Å²) in [5, 5.41) is 13.1. The Kier molecular flexibility index (Phi) is 11.9. The van der Waals surface area contributed by atoms with Gasteiger partial charge in [0.05, 0.1) is 49.5 Å². The van der Waals surface area contributed by atoms with Crippen LogP contribution < -0.4 is 15.8 Å². The van der Waals surface area contributed by atoms with E-state index in [1.807, 2.05) is 0 Å². The molecule has 4 saturated heterocycles. The van der Waals surface area contributed by atoms with Gasteiger partial charge in [-0.2, -0.15) is 0 Å². The molecule has 7 rings (SSSR count). The second kappa shape index (κ2) is 16.8. The quantitative estimate of drug-likeness (QED) is 0.204. The molecule has 1 aromatic carbocycles. The van der Waals surface area contributed by atoms with E-state index in [0.29, 0.717) is 61.4 Å². The lowest BCUT2D eigenvalue weighted by molar-refractivity contribution is -0.0861. The Morgan fingerprint density at radius 2 is 1.74 bits per heavy atom. The van der Waals surface area contributed by atoms with E-state index in [4.69, 9.17) is 14.2 Å². The SMILES string of the molecule is CC(Nc1ncnc2c1cc(N1CCN(C3COC3)CC1)c(=O)n2CCCCCCC1OCCO1)c1cccc(C(F)(F)C2CCN(C(=O)O)CC2)c1F. The molecule has 3 aromatic rings. The van der Waals surface area contributed by atoms with Crippen molar-refractivity contribution in [2.75, 3.05) is 75.9 Å². The van der Waals surface area contributed by atoms with Gasteiger partial charge in [-0.1, -0.05) is 31.0 Å². The minimum absolute atomic E-state index is 0.0286. The molecule has 13 nitrogen and oxygen atoms in total. The third-order valence-electron chi connectivity index (χ3n) is 11.4. The third-order valence-corrected chi connectivity index (χ3v) is 11.4. The molecule has 4 aliphatic rings. The van der Waals surface area contributed by atoms with Crippen LogP contribution in [0.25, 0.3) is 11.0 Å². The van der Waals surface area contributed by atoms with Crippen molar-refractivity contribution in [3.8, 4) is 0 Å². The molecule has 294 valence electrons. The van der Waals surface area contributed by atoms with Gasteiger partial charge in [0.15, 0.2) is 6.29 Å². The van der Waals surface area contributed by atoms with Crippen molar-refractivity contribution in [1.82, 2.24) is 24.3 Å². The molecule has 4 aliphatic heterocycles. The number of piperidine rings is 1. The van der Waals surface area contributed by atoms with Crippen LogP contribution in [0, 0.1) is 11.7 Å². The summed E-state index contributed by atoms with van der Waals surface area (Å²) in [7, 11) is 0. The Bertz CT molecular complexity index is 1820. The number of aryl methyl sites for hydroxylation is 1. The number of piperazine rings is 1. The number of likely N-dealkylation sites (tertiary alicyclic amines) is 1. The first-order chi connectivity index (χ1) is 26.1. The van der Waals surface area contributed by atoms with Crippen molar-refractivity contribution in [2.24, 2.45) is 5.92 Å². The average Bonchev–Trinajstić information content (AvgIpc) is 3.67. The number of amides is 1. The molecule has 0 radical (unpaired) electrons. The van der Waals surface area contributed by atoms with Gasteiger partial charge in [0.1, 0.15) is 29.3 Å². The van der Waals surface area contributed by atoms with Crippen LogP contribution in [0.5, 0.6) is 0 Å². The number of alkyl halides is 2. The molecule has 0 aliphatic carbocycles. The predicted molar refractivity (Wildman–Crippen MR) is 196 cm³/mol. The first-order valence-corrected chi connectivity index (χ1v) is 19.2. The van der Waals surface area contributed by atoms with Crippen LogP contribution in [-0.2, 0) is 26.7 Å². The number of nitrogens with zero attached hydrogens (tertiary/aromatic N) is 6. The first kappa shape index (κ1) is 38.3. The van der Waals surface area contributed by atoms with E-state index in [0.717, 1.165) is 69.4 Å². The lowest BCUT2D eigenvalue weighted by Gasteiger charge is -2.43. The molecule has 1 atom stereocenters. The topological polar surface area (TPSA) is 135 Å². The van der Waals surface area contributed by atoms with E-state index in [-0.39, 0.29) is 43.3 Å². The van der Waals surface area contributed by atoms with Gasteiger partial charge < -0.3 is 34.4 Å². The summed E-state index contributed by atoms with van der Waals surface area (Å²) in [5.74, 6) is -5.34. The fourth-order valence-electron chi connectivity index (χ4n) is 8.06. The van der Waals surface area contributed by atoms with Gasteiger partial charge >= 0.3 is 6.09 Å². The number of anilines is 2. The number of unbranched alkanes of at least 4 members (excludes halogenated alkanes) is 3. The number of benzene rings is 1. The lowest BCUT2D eigenvalue weighted by Crippen LogP contribution is -2.57. The van der Waals surface area contributed by atoms with Gasteiger partial charge in [-0.15, -0.1) is 0 Å². The van der Waals surface area contributed by atoms with Gasteiger partial charge in [0, 0.05) is 57.3 Å². The van der Waals surface area contributed by atoms with Crippen LogP contribution in [0.2, 0.25) is 0 Å². The number of nitrogens with one attached hydrogen (secondary N) is 1. The van der Waals surface area contributed by atoms with Crippen LogP contribution in [0.1, 0.15) is 69.0 Å². The summed E-state index contributed by atoms with van der Waals surface area (Å²) in [6.45, 7) is 7.71. The molecule has 1 amide bonds. The fraction of sp³-hybridized carbons (Fsp3) is 0.632. The molecule has 0 spiro atoms. The number of carbonyl (C=O) groups is 1. The Labute approximate surface area is 312 Å². The number of fused-ring (bicyclic) bond motifs is 1. The average molecular weight is 758 g/mol. The maximum Gasteiger partial charge on any atom is 0.407 e. The summed E-state index contributed by atoms with van der Waals surface area (Å²) in [4.78, 5) is 40.2. The Morgan fingerprint density at radius 1 is 1.02 bits per heavy atom. The molecular weight excluding hydrogens is 707 g/mol. The van der Waals surface area contributed by atoms with Gasteiger partial charge in [0.25, 0.3) is 11.5 Å². The highest BCUT2D eigenvalue weighted by Crippen LogP contribution is 2.44. The fourth-order valence-corrected chi connectivity index (χ4v) is 8.06. The number of halogens is 3. The van der Waals surface area contributed by atoms with Crippen molar-refractivity contribution in [3.05, 3.63) is 57.9 Å². The van der Waals surface area contributed by atoms with E-state index in [2.05, 4.69) is 25.1 Å². The van der Waals surface area contributed by atoms with Crippen LogP contribution in [0.15, 0.2) is 35.4 Å². The molecule has 2 N–H and O–H groups in total. The van der Waals surface area contributed by atoms with Crippen molar-refractivity contribution < 1.29 is 37.3 Å². The number of hydrogen-bond donors (Lipinski definition) is 2. The molecule has 54 heavy (non-hydrogen) atoms. The monoisotopic (exact) mass is 757 g/mol. The number of pyridine rings is 1. The van der Waals surface area contributed by atoms with E-state index < -0.39 is 35.4 Å². The predicted octanol–water partition coefficient (Wildman–Crippen LogP) is 5.43. The van der Waals surface area contributed by atoms with Crippen molar-refractivity contribution >= 4 is 28.6 Å².